The molecule has 8 heteroatoms. The predicted molar refractivity (Wildman–Crippen MR) is 76.9 cm³/mol. The highest BCUT2D eigenvalue weighted by molar-refractivity contribution is 7.92. The molecular weight excluding hydrogens is 297 g/mol. The van der Waals surface area contributed by atoms with Crippen LogP contribution in [0, 0.1) is 5.82 Å². The summed E-state index contributed by atoms with van der Waals surface area (Å²) < 4.78 is 40.0. The van der Waals surface area contributed by atoms with E-state index in [1.807, 2.05) is 0 Å². The number of aromatic nitrogens is 2. The van der Waals surface area contributed by atoms with Crippen LogP contribution in [-0.2, 0) is 22.8 Å². The summed E-state index contributed by atoms with van der Waals surface area (Å²) in [7, 11) is -1.33. The number of sulfonamides is 1. The molecule has 2 aromatic rings. The van der Waals surface area contributed by atoms with E-state index in [-0.39, 0.29) is 5.75 Å². The maximum Gasteiger partial charge on any atom is 0.349 e. The van der Waals surface area contributed by atoms with Crippen molar-refractivity contribution in [2.45, 2.75) is 5.75 Å². The van der Waals surface area contributed by atoms with Gasteiger partial charge in [-0.05, 0) is 5.56 Å². The summed E-state index contributed by atoms with van der Waals surface area (Å²) in [5.74, 6) is -1.69. The largest absolute Gasteiger partial charge is 0.349 e. The molecule has 0 aliphatic carbocycles. The molecule has 6 nitrogen and oxygen atoms in total. The summed E-state index contributed by atoms with van der Waals surface area (Å²) in [5, 5.41) is 0. The Labute approximate surface area is 121 Å². The average molecular weight is 311 g/mol. The van der Waals surface area contributed by atoms with E-state index in [0.717, 1.165) is 10.8 Å². The average Bonchev–Trinajstić information content (AvgIpc) is 2.42. The van der Waals surface area contributed by atoms with Crippen LogP contribution in [0.4, 0.5) is 10.2 Å². The molecule has 0 N–H and O–H groups in total. The smallest absolute Gasteiger partial charge is 0.299 e. The van der Waals surface area contributed by atoms with Gasteiger partial charge < -0.3 is 0 Å². The minimum atomic E-state index is -3.84. The SMILES string of the molecule is CN(c1nc(=O)n(C)cc1F)S(=O)(=O)Cc1ccccc1. The van der Waals surface area contributed by atoms with Crippen molar-refractivity contribution in [1.29, 1.82) is 0 Å². The Hall–Kier alpha value is -2.22. The van der Waals surface area contributed by atoms with Gasteiger partial charge in [0.25, 0.3) is 0 Å². The molecule has 1 aromatic heterocycles. The molecular formula is C13H14FN3O3S. The van der Waals surface area contributed by atoms with Crippen LogP contribution >= 0.6 is 0 Å². The summed E-state index contributed by atoms with van der Waals surface area (Å²) in [6.07, 6.45) is 0.902. The zero-order valence-electron chi connectivity index (χ0n) is 11.5. The van der Waals surface area contributed by atoms with Crippen LogP contribution in [-0.4, -0.2) is 25.0 Å². The van der Waals surface area contributed by atoms with E-state index in [1.54, 1.807) is 30.3 Å². The third kappa shape index (κ3) is 3.27. The number of hydrogen-bond donors (Lipinski definition) is 0. The molecule has 2 rings (SSSR count). The first-order valence-corrected chi connectivity index (χ1v) is 7.66. The molecule has 0 fully saturated rings. The highest BCUT2D eigenvalue weighted by atomic mass is 32.2. The van der Waals surface area contributed by atoms with Crippen molar-refractivity contribution in [3.05, 3.63) is 58.4 Å². The van der Waals surface area contributed by atoms with Crippen LogP contribution in [0.2, 0.25) is 0 Å². The molecule has 0 radical (unpaired) electrons. The Morgan fingerprint density at radius 3 is 2.52 bits per heavy atom. The van der Waals surface area contributed by atoms with Crippen molar-refractivity contribution in [1.82, 2.24) is 9.55 Å². The Morgan fingerprint density at radius 1 is 1.29 bits per heavy atom. The number of rotatable bonds is 4. The Bertz CT molecular complexity index is 803. The minimum absolute atomic E-state index is 0.305. The lowest BCUT2D eigenvalue weighted by Crippen LogP contribution is -2.33. The quantitative estimate of drug-likeness (QED) is 0.840. The van der Waals surface area contributed by atoms with Crippen molar-refractivity contribution in [2.24, 2.45) is 7.05 Å². The third-order valence-electron chi connectivity index (χ3n) is 2.93. The van der Waals surface area contributed by atoms with Gasteiger partial charge in [0.15, 0.2) is 11.6 Å². The Balaban J connectivity index is 2.37. The van der Waals surface area contributed by atoms with Crippen LogP contribution in [0.5, 0.6) is 0 Å². The van der Waals surface area contributed by atoms with Gasteiger partial charge in [-0.2, -0.15) is 4.98 Å². The van der Waals surface area contributed by atoms with E-state index < -0.39 is 27.3 Å². The monoisotopic (exact) mass is 311 g/mol. The number of aryl methyl sites for hydroxylation is 1. The van der Waals surface area contributed by atoms with Crippen molar-refractivity contribution in [3.63, 3.8) is 0 Å². The third-order valence-corrected chi connectivity index (χ3v) is 4.64. The fourth-order valence-electron chi connectivity index (χ4n) is 1.74. The molecule has 0 atom stereocenters. The van der Waals surface area contributed by atoms with Crippen molar-refractivity contribution >= 4 is 15.8 Å². The number of anilines is 1. The second-order valence-corrected chi connectivity index (χ2v) is 6.52. The fraction of sp³-hybridized carbons (Fsp3) is 0.231. The molecule has 0 bridgehead atoms. The number of nitrogens with zero attached hydrogens (tertiary/aromatic N) is 3. The van der Waals surface area contributed by atoms with E-state index >= 15 is 0 Å². The van der Waals surface area contributed by atoms with Crippen LogP contribution in [0.25, 0.3) is 0 Å². The zero-order valence-corrected chi connectivity index (χ0v) is 12.3. The lowest BCUT2D eigenvalue weighted by atomic mass is 10.2. The van der Waals surface area contributed by atoms with Crippen LogP contribution < -0.4 is 9.99 Å². The van der Waals surface area contributed by atoms with Gasteiger partial charge in [0.2, 0.25) is 10.0 Å². The minimum Gasteiger partial charge on any atom is -0.299 e. The first kappa shape index (κ1) is 15.2. The summed E-state index contributed by atoms with van der Waals surface area (Å²) >= 11 is 0. The highest BCUT2D eigenvalue weighted by Gasteiger charge is 2.23. The molecule has 0 aliphatic rings. The Kier molecular flexibility index (Phi) is 4.08. The lowest BCUT2D eigenvalue weighted by molar-refractivity contribution is 0.577. The molecule has 0 saturated carbocycles. The lowest BCUT2D eigenvalue weighted by Gasteiger charge is -2.18. The van der Waals surface area contributed by atoms with E-state index in [9.17, 15) is 17.6 Å². The van der Waals surface area contributed by atoms with Crippen LogP contribution in [0.15, 0.2) is 41.3 Å². The van der Waals surface area contributed by atoms with Gasteiger partial charge in [-0.1, -0.05) is 30.3 Å². The zero-order chi connectivity index (χ0) is 15.6. The van der Waals surface area contributed by atoms with Gasteiger partial charge in [0.1, 0.15) is 0 Å². The number of benzene rings is 1. The molecule has 0 saturated heterocycles. The Morgan fingerprint density at radius 2 is 1.90 bits per heavy atom. The number of hydrogen-bond acceptors (Lipinski definition) is 4. The maximum absolute atomic E-state index is 13.8. The fourth-order valence-corrected chi connectivity index (χ4v) is 2.94. The molecule has 21 heavy (non-hydrogen) atoms. The van der Waals surface area contributed by atoms with Crippen molar-refractivity contribution in [3.8, 4) is 0 Å². The molecule has 0 spiro atoms. The molecule has 0 unspecified atom stereocenters. The van der Waals surface area contributed by atoms with Gasteiger partial charge in [-0.15, -0.1) is 0 Å². The summed E-state index contributed by atoms with van der Waals surface area (Å²) in [6.45, 7) is 0. The van der Waals surface area contributed by atoms with Gasteiger partial charge in [-0.25, -0.2) is 17.6 Å². The van der Waals surface area contributed by atoms with E-state index in [1.165, 1.54) is 14.1 Å². The van der Waals surface area contributed by atoms with Crippen LogP contribution in [0.3, 0.4) is 0 Å². The summed E-state index contributed by atoms with van der Waals surface area (Å²) in [4.78, 5) is 14.9. The maximum atomic E-state index is 13.8. The normalized spacial score (nSPS) is 11.4. The second kappa shape index (κ2) is 5.65. The molecule has 1 aromatic carbocycles. The van der Waals surface area contributed by atoms with E-state index in [4.69, 9.17) is 0 Å². The summed E-state index contributed by atoms with van der Waals surface area (Å²) in [5.41, 5.74) is -0.165. The summed E-state index contributed by atoms with van der Waals surface area (Å²) in [6, 6.07) is 8.49. The van der Waals surface area contributed by atoms with E-state index in [0.29, 0.717) is 9.87 Å². The van der Waals surface area contributed by atoms with Crippen molar-refractivity contribution < 1.29 is 12.8 Å². The topological polar surface area (TPSA) is 72.3 Å². The van der Waals surface area contributed by atoms with Gasteiger partial charge >= 0.3 is 5.69 Å². The molecule has 1 heterocycles. The molecule has 112 valence electrons. The van der Waals surface area contributed by atoms with Gasteiger partial charge in [-0.3, -0.25) is 8.87 Å². The predicted octanol–water partition coefficient (Wildman–Crippen LogP) is 0.886. The van der Waals surface area contributed by atoms with Gasteiger partial charge in [0.05, 0.1) is 5.75 Å². The molecule has 0 amide bonds. The molecule has 0 aliphatic heterocycles. The first-order chi connectivity index (χ1) is 9.81. The van der Waals surface area contributed by atoms with Crippen molar-refractivity contribution in [2.75, 3.05) is 11.4 Å². The second-order valence-electron chi connectivity index (χ2n) is 4.52. The number of halogens is 1. The van der Waals surface area contributed by atoms with E-state index in [2.05, 4.69) is 4.98 Å². The van der Waals surface area contributed by atoms with Crippen LogP contribution in [0.1, 0.15) is 5.56 Å². The van der Waals surface area contributed by atoms with Gasteiger partial charge in [0, 0.05) is 20.3 Å². The standard InChI is InChI=1S/C13H14FN3O3S/c1-16-8-11(14)12(15-13(16)18)17(2)21(19,20)9-10-6-4-3-5-7-10/h3-8H,9H2,1-2H3. The highest BCUT2D eigenvalue weighted by Crippen LogP contribution is 2.18. The first-order valence-electron chi connectivity index (χ1n) is 6.05.